The van der Waals surface area contributed by atoms with Gasteiger partial charge in [-0.2, -0.15) is 0 Å². The Morgan fingerprint density at radius 3 is 2.22 bits per heavy atom. The van der Waals surface area contributed by atoms with Crippen LogP contribution in [0.5, 0.6) is 11.5 Å². The number of amides is 2. The van der Waals surface area contributed by atoms with Gasteiger partial charge >= 0.3 is 5.97 Å². The molecular formula is C23H27FN2O6. The van der Waals surface area contributed by atoms with Gasteiger partial charge in [-0.1, -0.05) is 19.9 Å². The van der Waals surface area contributed by atoms with E-state index >= 15 is 0 Å². The van der Waals surface area contributed by atoms with Crippen LogP contribution in [0.15, 0.2) is 42.5 Å². The lowest BCUT2D eigenvalue weighted by Crippen LogP contribution is -2.46. The largest absolute Gasteiger partial charge is 0.493 e. The Balaban J connectivity index is 1.87. The molecule has 0 radical (unpaired) electrons. The third-order valence-corrected chi connectivity index (χ3v) is 4.60. The summed E-state index contributed by atoms with van der Waals surface area (Å²) in [5.74, 6) is -1.45. The number of carbonyl (C=O) groups excluding carboxylic acids is 3. The van der Waals surface area contributed by atoms with Crippen LogP contribution in [0.1, 0.15) is 29.8 Å². The van der Waals surface area contributed by atoms with E-state index in [4.69, 9.17) is 14.2 Å². The van der Waals surface area contributed by atoms with Crippen molar-refractivity contribution in [2.24, 2.45) is 5.92 Å². The number of methoxy groups -OCH3 is 2. The number of hydrogen-bond donors (Lipinski definition) is 2. The predicted molar refractivity (Wildman–Crippen MR) is 115 cm³/mol. The van der Waals surface area contributed by atoms with E-state index in [1.807, 2.05) is 0 Å². The summed E-state index contributed by atoms with van der Waals surface area (Å²) in [6.45, 7) is 3.16. The molecule has 2 aromatic rings. The number of nitrogens with one attached hydrogen (secondary N) is 2. The van der Waals surface area contributed by atoms with Gasteiger partial charge in [0.15, 0.2) is 18.1 Å². The zero-order chi connectivity index (χ0) is 23.7. The molecule has 0 saturated carbocycles. The van der Waals surface area contributed by atoms with Crippen LogP contribution in [0.3, 0.4) is 0 Å². The molecule has 2 amide bonds. The van der Waals surface area contributed by atoms with E-state index in [9.17, 15) is 18.8 Å². The first-order chi connectivity index (χ1) is 15.2. The van der Waals surface area contributed by atoms with Crippen LogP contribution in [0.25, 0.3) is 0 Å². The second kappa shape index (κ2) is 11.7. The average Bonchev–Trinajstić information content (AvgIpc) is 2.79. The lowest BCUT2D eigenvalue weighted by atomic mass is 10.0. The van der Waals surface area contributed by atoms with Gasteiger partial charge in [0.2, 0.25) is 0 Å². The topological polar surface area (TPSA) is 103 Å². The minimum absolute atomic E-state index is 0.200. The third-order valence-electron chi connectivity index (χ3n) is 4.60. The van der Waals surface area contributed by atoms with Crippen LogP contribution in [-0.2, 0) is 20.9 Å². The molecular weight excluding hydrogens is 419 g/mol. The molecule has 0 heterocycles. The zero-order valence-corrected chi connectivity index (χ0v) is 18.4. The van der Waals surface area contributed by atoms with E-state index in [-0.39, 0.29) is 18.0 Å². The minimum atomic E-state index is -0.966. The number of rotatable bonds is 10. The molecule has 0 spiro atoms. The van der Waals surface area contributed by atoms with Crippen molar-refractivity contribution in [3.8, 4) is 11.5 Å². The molecule has 0 unspecified atom stereocenters. The zero-order valence-electron chi connectivity index (χ0n) is 18.4. The number of hydrogen-bond acceptors (Lipinski definition) is 6. The van der Waals surface area contributed by atoms with Gasteiger partial charge in [0.25, 0.3) is 11.8 Å². The van der Waals surface area contributed by atoms with Crippen molar-refractivity contribution in [2.75, 3.05) is 20.8 Å². The van der Waals surface area contributed by atoms with Crippen LogP contribution < -0.4 is 20.1 Å². The molecule has 2 aromatic carbocycles. The summed E-state index contributed by atoms with van der Waals surface area (Å²) >= 11 is 0. The van der Waals surface area contributed by atoms with Crippen LogP contribution in [0, 0.1) is 11.7 Å². The molecule has 0 saturated heterocycles. The SMILES string of the molecule is COc1ccc(CNC(=O)COC(=O)[C@@H](NC(=O)c2ccc(F)cc2)C(C)C)cc1OC. The highest BCUT2D eigenvalue weighted by atomic mass is 19.1. The highest BCUT2D eigenvalue weighted by Crippen LogP contribution is 2.27. The van der Waals surface area contributed by atoms with Gasteiger partial charge < -0.3 is 24.8 Å². The second-order valence-electron chi connectivity index (χ2n) is 7.28. The van der Waals surface area contributed by atoms with E-state index in [2.05, 4.69) is 10.6 Å². The first-order valence-electron chi connectivity index (χ1n) is 9.95. The van der Waals surface area contributed by atoms with Crippen molar-refractivity contribution < 1.29 is 33.0 Å². The maximum atomic E-state index is 13.0. The van der Waals surface area contributed by atoms with E-state index in [1.54, 1.807) is 32.0 Å². The lowest BCUT2D eigenvalue weighted by molar-refractivity contribution is -0.151. The lowest BCUT2D eigenvalue weighted by Gasteiger charge is -2.20. The van der Waals surface area contributed by atoms with Crippen molar-refractivity contribution >= 4 is 17.8 Å². The quantitative estimate of drug-likeness (QED) is 0.544. The van der Waals surface area contributed by atoms with Crippen molar-refractivity contribution in [1.82, 2.24) is 10.6 Å². The Kier molecular flexibility index (Phi) is 9.00. The number of esters is 1. The first kappa shape index (κ1) is 24.6. The van der Waals surface area contributed by atoms with Gasteiger partial charge in [-0.25, -0.2) is 9.18 Å². The molecule has 0 aromatic heterocycles. The van der Waals surface area contributed by atoms with Gasteiger partial charge in [-0.3, -0.25) is 9.59 Å². The average molecular weight is 446 g/mol. The molecule has 1 atom stereocenters. The Morgan fingerprint density at radius 1 is 0.969 bits per heavy atom. The Morgan fingerprint density at radius 2 is 1.62 bits per heavy atom. The molecule has 32 heavy (non-hydrogen) atoms. The number of halogens is 1. The summed E-state index contributed by atoms with van der Waals surface area (Å²) in [7, 11) is 3.04. The summed E-state index contributed by atoms with van der Waals surface area (Å²) in [5, 5.41) is 5.21. The fourth-order valence-electron chi connectivity index (χ4n) is 2.79. The monoisotopic (exact) mass is 446 g/mol. The summed E-state index contributed by atoms with van der Waals surface area (Å²) in [4.78, 5) is 36.9. The Bertz CT molecular complexity index is 946. The van der Waals surface area contributed by atoms with E-state index in [1.165, 1.54) is 26.4 Å². The fraction of sp³-hybridized carbons (Fsp3) is 0.348. The Labute approximate surface area is 186 Å². The summed E-state index contributed by atoms with van der Waals surface area (Å²) in [6.07, 6.45) is 0. The van der Waals surface area contributed by atoms with Crippen LogP contribution >= 0.6 is 0 Å². The third kappa shape index (κ3) is 6.97. The molecule has 9 heteroatoms. The maximum Gasteiger partial charge on any atom is 0.329 e. The Hall–Kier alpha value is -3.62. The van der Waals surface area contributed by atoms with E-state index in [0.29, 0.717) is 11.5 Å². The predicted octanol–water partition coefficient (Wildman–Crippen LogP) is 2.46. The van der Waals surface area contributed by atoms with Gasteiger partial charge in [0.05, 0.1) is 14.2 Å². The molecule has 172 valence electrons. The van der Waals surface area contributed by atoms with Crippen molar-refractivity contribution in [3.63, 3.8) is 0 Å². The molecule has 0 fully saturated rings. The molecule has 0 aliphatic carbocycles. The molecule has 8 nitrogen and oxygen atoms in total. The fourth-order valence-corrected chi connectivity index (χ4v) is 2.79. The van der Waals surface area contributed by atoms with E-state index in [0.717, 1.165) is 17.7 Å². The van der Waals surface area contributed by atoms with Crippen molar-refractivity contribution in [2.45, 2.75) is 26.4 Å². The van der Waals surface area contributed by atoms with E-state index < -0.39 is 36.2 Å². The maximum absolute atomic E-state index is 13.0. The summed E-state index contributed by atoms with van der Waals surface area (Å²) in [6, 6.07) is 9.19. The standard InChI is InChI=1S/C23H27FN2O6/c1-14(2)21(26-22(28)16-6-8-17(24)9-7-16)23(29)32-13-20(27)25-12-15-5-10-18(30-3)19(11-15)31-4/h5-11,14,21H,12-13H2,1-4H3,(H,25,27)(H,26,28)/t21-/m0/s1. The summed E-state index contributed by atoms with van der Waals surface area (Å²) < 4.78 is 28.5. The van der Waals surface area contributed by atoms with Crippen molar-refractivity contribution in [3.05, 3.63) is 59.4 Å². The van der Waals surface area contributed by atoms with Gasteiger partial charge in [-0.15, -0.1) is 0 Å². The number of ether oxygens (including phenoxy) is 3. The highest BCUT2D eigenvalue weighted by molar-refractivity contribution is 5.97. The second-order valence-corrected chi connectivity index (χ2v) is 7.28. The molecule has 0 aliphatic rings. The van der Waals surface area contributed by atoms with Gasteiger partial charge in [-0.05, 0) is 47.9 Å². The smallest absolute Gasteiger partial charge is 0.329 e. The van der Waals surface area contributed by atoms with Crippen LogP contribution in [0.4, 0.5) is 4.39 Å². The minimum Gasteiger partial charge on any atom is -0.493 e. The van der Waals surface area contributed by atoms with Gasteiger partial charge in [0.1, 0.15) is 11.9 Å². The number of carbonyl (C=O) groups is 3. The van der Waals surface area contributed by atoms with Crippen molar-refractivity contribution in [1.29, 1.82) is 0 Å². The summed E-state index contributed by atoms with van der Waals surface area (Å²) in [5.41, 5.74) is 0.978. The first-order valence-corrected chi connectivity index (χ1v) is 9.95. The molecule has 0 bridgehead atoms. The van der Waals surface area contributed by atoms with Crippen LogP contribution in [-0.4, -0.2) is 44.7 Å². The van der Waals surface area contributed by atoms with Crippen LogP contribution in [0.2, 0.25) is 0 Å². The molecule has 0 aliphatic heterocycles. The van der Waals surface area contributed by atoms with Gasteiger partial charge in [0, 0.05) is 12.1 Å². The molecule has 2 N–H and O–H groups in total. The number of benzene rings is 2. The molecule has 2 rings (SSSR count). The normalized spacial score (nSPS) is 11.4. The highest BCUT2D eigenvalue weighted by Gasteiger charge is 2.26.